The van der Waals surface area contributed by atoms with Crippen LogP contribution in [-0.4, -0.2) is 67.5 Å². The van der Waals surface area contributed by atoms with Crippen molar-refractivity contribution in [3.8, 4) is 11.8 Å². The Morgan fingerprint density at radius 2 is 2.18 bits per heavy atom. The van der Waals surface area contributed by atoms with Gasteiger partial charge in [0.15, 0.2) is 6.61 Å². The van der Waals surface area contributed by atoms with Crippen LogP contribution in [0.25, 0.3) is 0 Å². The number of amides is 1. The van der Waals surface area contributed by atoms with Crippen LogP contribution in [0.15, 0.2) is 24.3 Å². The molecule has 0 saturated carbocycles. The molecule has 3 nitrogen and oxygen atoms in total. The number of ether oxygens (including phenoxy) is 1. The van der Waals surface area contributed by atoms with E-state index < -0.39 is 6.09 Å². The number of halogens is 2. The number of hydrogen-bond donors (Lipinski definition) is 1. The maximum atomic E-state index is 11.2. The van der Waals surface area contributed by atoms with Crippen molar-refractivity contribution in [1.29, 1.82) is 0 Å². The summed E-state index contributed by atoms with van der Waals surface area (Å²) < 4.78 is 4.76. The van der Waals surface area contributed by atoms with Gasteiger partial charge in [-0.05, 0) is 18.2 Å². The molecule has 1 aromatic carbocycles. The topological polar surface area (TPSA) is 38.3 Å². The molecule has 1 aromatic rings. The minimum atomic E-state index is -0.578. The van der Waals surface area contributed by atoms with Gasteiger partial charge in [-0.2, -0.15) is 0 Å². The monoisotopic (exact) mass is 397 g/mol. The molecule has 88 valence electrons. The van der Waals surface area contributed by atoms with E-state index in [9.17, 15) is 4.79 Å². The van der Waals surface area contributed by atoms with Crippen LogP contribution in [0.5, 0.6) is 0 Å². The van der Waals surface area contributed by atoms with Gasteiger partial charge in [0.2, 0.25) is 0 Å². The minimum absolute atomic E-state index is 0. The Hall–Kier alpha value is 0.201. The van der Waals surface area contributed by atoms with E-state index in [1.54, 1.807) is 24.3 Å². The third-order valence-corrected chi connectivity index (χ3v) is 1.91. The average Bonchev–Trinajstić information content (AvgIpc) is 2.24. The quantitative estimate of drug-likeness (QED) is 0.472. The molecule has 0 aliphatic carbocycles. The van der Waals surface area contributed by atoms with Crippen LogP contribution in [0.1, 0.15) is 0 Å². The van der Waals surface area contributed by atoms with Crippen molar-refractivity contribution in [2.45, 2.75) is 0 Å². The molecule has 0 spiro atoms. The summed E-state index contributed by atoms with van der Waals surface area (Å²) in [5, 5.41) is 3.05. The van der Waals surface area contributed by atoms with E-state index in [4.69, 9.17) is 27.9 Å². The predicted octanol–water partition coefficient (Wildman–Crippen LogP) is 2.21. The number of carbonyl (C=O) groups excluding carboxylic acids is 1. The second kappa shape index (κ2) is 10.2. The summed E-state index contributed by atoms with van der Waals surface area (Å²) in [6, 6.07) is 6.76. The first-order valence-corrected chi connectivity index (χ1v) is 5.34. The molecule has 6 heteroatoms. The van der Waals surface area contributed by atoms with Gasteiger partial charge in [-0.3, -0.25) is 5.32 Å². The fourth-order valence-corrected chi connectivity index (χ4v) is 1.20. The number of hydrogen-bond acceptors (Lipinski definition) is 2. The molecule has 0 heterocycles. The van der Waals surface area contributed by atoms with Crippen molar-refractivity contribution in [3.63, 3.8) is 0 Å². The number of alkyl halides is 1. The van der Waals surface area contributed by atoms with E-state index in [2.05, 4.69) is 17.2 Å². The van der Waals surface area contributed by atoms with Gasteiger partial charge in [-0.1, -0.05) is 29.5 Å². The molecule has 0 aliphatic heterocycles. The average molecular weight is 397 g/mol. The number of nitrogens with one attached hydrogen (secondary N) is 1. The van der Waals surface area contributed by atoms with Crippen LogP contribution >= 0.6 is 23.2 Å². The van der Waals surface area contributed by atoms with E-state index >= 15 is 0 Å². The zero-order valence-electron chi connectivity index (χ0n) is 8.30. The van der Waals surface area contributed by atoms with Gasteiger partial charge in [-0.15, -0.1) is 11.6 Å². The Morgan fingerprint density at radius 1 is 1.41 bits per heavy atom. The van der Waals surface area contributed by atoms with Crippen LogP contribution < -0.4 is 5.32 Å². The Labute approximate surface area is 150 Å². The van der Waals surface area contributed by atoms with Crippen molar-refractivity contribution >= 4 is 83.9 Å². The van der Waals surface area contributed by atoms with Crippen LogP contribution in [0.4, 0.5) is 10.5 Å². The van der Waals surface area contributed by atoms with Crippen LogP contribution in [-0.2, 0) is 4.74 Å². The summed E-state index contributed by atoms with van der Waals surface area (Å²) in [5.41, 5.74) is 0.572. The number of rotatable bonds is 2. The van der Waals surface area contributed by atoms with E-state index in [0.717, 1.165) is 0 Å². The van der Waals surface area contributed by atoms with Crippen LogP contribution in [0.2, 0.25) is 5.02 Å². The van der Waals surface area contributed by atoms with E-state index in [0.29, 0.717) is 10.7 Å². The Kier molecular flexibility index (Phi) is 10.3. The van der Waals surface area contributed by atoms with Gasteiger partial charge in [0.05, 0.1) is 5.88 Å². The van der Waals surface area contributed by atoms with Gasteiger partial charge in [0.25, 0.3) is 0 Å². The summed E-state index contributed by atoms with van der Waals surface area (Å²) in [5.74, 6) is 5.36. The van der Waals surface area contributed by atoms with E-state index in [-0.39, 0.29) is 61.4 Å². The predicted molar refractivity (Wildman–Crippen MR) is 73.5 cm³/mol. The van der Waals surface area contributed by atoms with Crippen LogP contribution in [0, 0.1) is 11.8 Å². The summed E-state index contributed by atoms with van der Waals surface area (Å²) in [6.45, 7) is 0.0130. The van der Waals surface area contributed by atoms with Crippen molar-refractivity contribution in [3.05, 3.63) is 29.3 Å². The number of benzene rings is 1. The Morgan fingerprint density at radius 3 is 2.82 bits per heavy atom. The molecule has 0 radical (unpaired) electrons. The second-order valence-electron chi connectivity index (χ2n) is 2.70. The molecule has 0 unspecified atom stereocenters. The second-order valence-corrected chi connectivity index (χ2v) is 3.40. The first-order chi connectivity index (χ1) is 7.72. The van der Waals surface area contributed by atoms with Crippen molar-refractivity contribution in [2.24, 2.45) is 0 Å². The SMILES string of the molecule is O=C(Nc1cccc(Cl)c1)OCC#CCCl.[BaH2]. The molecule has 0 fully saturated rings. The summed E-state index contributed by atoms with van der Waals surface area (Å²) >= 11 is 11.1. The summed E-state index contributed by atoms with van der Waals surface area (Å²) in [4.78, 5) is 11.2. The molecular weight excluding hydrogens is 386 g/mol. The fraction of sp³-hybridized carbons (Fsp3) is 0.182. The standard InChI is InChI=1S/C11H9Cl2NO2.Ba.2H/c12-6-1-2-7-16-11(15)14-10-5-3-4-9(13)8-10;;;/h3-5,8H,6-7H2,(H,14,15);;;. The molecule has 0 saturated heterocycles. The molecule has 1 amide bonds. The van der Waals surface area contributed by atoms with E-state index in [1.807, 2.05) is 0 Å². The van der Waals surface area contributed by atoms with Gasteiger partial charge in [0.1, 0.15) is 0 Å². The van der Waals surface area contributed by atoms with Crippen molar-refractivity contribution in [2.75, 3.05) is 17.8 Å². The Balaban J connectivity index is 0.00000256. The Bertz CT molecular complexity index is 429. The molecule has 17 heavy (non-hydrogen) atoms. The summed E-state index contributed by atoms with van der Waals surface area (Å²) in [7, 11) is 0. The number of anilines is 1. The molecular formula is C11H11BaCl2NO2. The van der Waals surface area contributed by atoms with Gasteiger partial charge in [-0.25, -0.2) is 4.79 Å². The van der Waals surface area contributed by atoms with Crippen molar-refractivity contribution < 1.29 is 9.53 Å². The molecule has 0 atom stereocenters. The zero-order valence-corrected chi connectivity index (χ0v) is 9.81. The first kappa shape index (κ1) is 17.2. The van der Waals surface area contributed by atoms with Gasteiger partial charge < -0.3 is 4.74 Å². The number of carbonyl (C=O) groups is 1. The third kappa shape index (κ3) is 8.01. The molecule has 1 rings (SSSR count). The summed E-state index contributed by atoms with van der Waals surface area (Å²) in [6.07, 6.45) is -0.578. The molecule has 0 aromatic heterocycles. The fourth-order valence-electron chi connectivity index (χ4n) is 0.920. The first-order valence-electron chi connectivity index (χ1n) is 4.43. The zero-order chi connectivity index (χ0) is 11.8. The van der Waals surface area contributed by atoms with Gasteiger partial charge in [0, 0.05) is 10.7 Å². The maximum absolute atomic E-state index is 11.2. The van der Waals surface area contributed by atoms with E-state index in [1.165, 1.54) is 0 Å². The van der Waals surface area contributed by atoms with Gasteiger partial charge >= 0.3 is 55.0 Å². The normalized spacial score (nSPS) is 8.35. The molecule has 0 aliphatic rings. The van der Waals surface area contributed by atoms with Crippen molar-refractivity contribution in [1.82, 2.24) is 0 Å². The third-order valence-electron chi connectivity index (χ3n) is 1.54. The molecule has 1 N–H and O–H groups in total. The van der Waals surface area contributed by atoms with Crippen LogP contribution in [0.3, 0.4) is 0 Å². The molecule has 0 bridgehead atoms.